The summed E-state index contributed by atoms with van der Waals surface area (Å²) in [6.45, 7) is 5.82. The van der Waals surface area contributed by atoms with Crippen LogP contribution in [-0.4, -0.2) is 26.1 Å². The zero-order valence-electron chi connectivity index (χ0n) is 12.9. The van der Waals surface area contributed by atoms with Gasteiger partial charge in [-0.3, -0.25) is 0 Å². The fraction of sp³-hybridized carbons (Fsp3) is 0.375. The van der Waals surface area contributed by atoms with Gasteiger partial charge in [-0.05, 0) is 23.8 Å². The molecule has 112 valence electrons. The first-order chi connectivity index (χ1) is 9.83. The van der Waals surface area contributed by atoms with E-state index in [0.29, 0.717) is 17.4 Å². The maximum absolute atomic E-state index is 11.9. The number of nitrogens with zero attached hydrogens (tertiary/aromatic N) is 1. The summed E-state index contributed by atoms with van der Waals surface area (Å²) < 4.78 is 15.6. The Morgan fingerprint density at radius 1 is 1.10 bits per heavy atom. The van der Waals surface area contributed by atoms with Crippen LogP contribution >= 0.6 is 0 Å². The molecule has 0 radical (unpaired) electrons. The highest BCUT2D eigenvalue weighted by Crippen LogP contribution is 2.28. The van der Waals surface area contributed by atoms with Gasteiger partial charge in [-0.15, -0.1) is 0 Å². The molecule has 0 saturated carbocycles. The predicted molar refractivity (Wildman–Crippen MR) is 80.5 cm³/mol. The minimum Gasteiger partial charge on any atom is -0.497 e. The average Bonchev–Trinajstić information content (AvgIpc) is 2.79. The highest BCUT2D eigenvalue weighted by Gasteiger charge is 2.31. The smallest absolute Gasteiger partial charge is 0.363 e. The topological polar surface area (TPSA) is 57.1 Å². The van der Waals surface area contributed by atoms with Crippen LogP contribution in [0.25, 0.3) is 6.08 Å². The third kappa shape index (κ3) is 3.42. The summed E-state index contributed by atoms with van der Waals surface area (Å²) >= 11 is 0. The van der Waals surface area contributed by atoms with Crippen molar-refractivity contribution in [2.75, 3.05) is 14.2 Å². The van der Waals surface area contributed by atoms with Crippen LogP contribution in [0.4, 0.5) is 0 Å². The molecule has 5 nitrogen and oxygen atoms in total. The fourth-order valence-corrected chi connectivity index (χ4v) is 1.80. The van der Waals surface area contributed by atoms with Crippen LogP contribution in [0.5, 0.6) is 11.5 Å². The Balaban J connectivity index is 2.40. The number of ether oxygens (including phenoxy) is 3. The molecule has 0 spiro atoms. The van der Waals surface area contributed by atoms with E-state index < -0.39 is 5.97 Å². The summed E-state index contributed by atoms with van der Waals surface area (Å²) in [4.78, 5) is 16.1. The molecule has 2 rings (SSSR count). The molecule has 1 aromatic carbocycles. The van der Waals surface area contributed by atoms with E-state index in [1.165, 1.54) is 0 Å². The largest absolute Gasteiger partial charge is 0.497 e. The van der Waals surface area contributed by atoms with E-state index in [-0.39, 0.29) is 11.1 Å². The number of rotatable bonds is 3. The number of carbonyl (C=O) groups is 1. The second-order valence-corrected chi connectivity index (χ2v) is 5.73. The number of hydrogen-bond donors (Lipinski definition) is 0. The standard InChI is InChI=1S/C16H19NO4/c1-16(2,3)15-17-13(14(18)21-15)8-10-6-11(19-4)9-12(7-10)20-5/h6-9H,1-5H3. The van der Waals surface area contributed by atoms with Gasteiger partial charge in [0.25, 0.3) is 0 Å². The molecule has 0 bridgehead atoms. The molecule has 0 unspecified atom stereocenters. The summed E-state index contributed by atoms with van der Waals surface area (Å²) in [7, 11) is 3.15. The van der Waals surface area contributed by atoms with Crippen molar-refractivity contribution in [1.82, 2.24) is 0 Å². The zero-order chi connectivity index (χ0) is 15.6. The van der Waals surface area contributed by atoms with E-state index in [1.54, 1.807) is 38.5 Å². The molecule has 1 aromatic rings. The minimum atomic E-state index is -0.443. The lowest BCUT2D eigenvalue weighted by Gasteiger charge is -2.15. The van der Waals surface area contributed by atoms with Crippen molar-refractivity contribution in [3.8, 4) is 11.5 Å². The summed E-state index contributed by atoms with van der Waals surface area (Å²) in [5, 5.41) is 0. The summed E-state index contributed by atoms with van der Waals surface area (Å²) in [6.07, 6.45) is 1.66. The Bertz CT molecular complexity index is 601. The number of aliphatic imine (C=N–C) groups is 1. The van der Waals surface area contributed by atoms with Crippen molar-refractivity contribution in [2.45, 2.75) is 20.8 Å². The number of methoxy groups -OCH3 is 2. The van der Waals surface area contributed by atoms with Crippen molar-refractivity contribution in [1.29, 1.82) is 0 Å². The second kappa shape index (κ2) is 5.60. The van der Waals surface area contributed by atoms with Crippen molar-refractivity contribution in [2.24, 2.45) is 10.4 Å². The zero-order valence-corrected chi connectivity index (χ0v) is 12.9. The predicted octanol–water partition coefficient (Wildman–Crippen LogP) is 3.05. The van der Waals surface area contributed by atoms with Crippen LogP contribution in [0.2, 0.25) is 0 Å². The van der Waals surface area contributed by atoms with E-state index in [1.807, 2.05) is 20.8 Å². The summed E-state index contributed by atoms with van der Waals surface area (Å²) in [5.74, 6) is 1.27. The van der Waals surface area contributed by atoms with E-state index in [2.05, 4.69) is 4.99 Å². The van der Waals surface area contributed by atoms with Crippen LogP contribution in [0.15, 0.2) is 28.9 Å². The number of esters is 1. The summed E-state index contributed by atoms with van der Waals surface area (Å²) in [6, 6.07) is 5.36. The maximum atomic E-state index is 11.9. The molecular formula is C16H19NO4. The van der Waals surface area contributed by atoms with Crippen LogP contribution in [0.3, 0.4) is 0 Å². The van der Waals surface area contributed by atoms with Gasteiger partial charge in [0.1, 0.15) is 11.5 Å². The lowest BCUT2D eigenvalue weighted by Crippen LogP contribution is -2.21. The Labute approximate surface area is 124 Å². The molecular weight excluding hydrogens is 270 g/mol. The normalized spacial score (nSPS) is 16.7. The molecule has 1 heterocycles. The molecule has 0 atom stereocenters. The Morgan fingerprint density at radius 3 is 2.10 bits per heavy atom. The second-order valence-electron chi connectivity index (χ2n) is 5.73. The van der Waals surface area contributed by atoms with Gasteiger partial charge in [-0.1, -0.05) is 20.8 Å². The fourth-order valence-electron chi connectivity index (χ4n) is 1.80. The van der Waals surface area contributed by atoms with Gasteiger partial charge in [-0.2, -0.15) is 0 Å². The van der Waals surface area contributed by atoms with Gasteiger partial charge in [0.05, 0.1) is 14.2 Å². The quantitative estimate of drug-likeness (QED) is 0.634. The van der Waals surface area contributed by atoms with Gasteiger partial charge in [0, 0.05) is 11.5 Å². The third-order valence-corrected chi connectivity index (χ3v) is 2.94. The first-order valence-electron chi connectivity index (χ1n) is 6.59. The molecule has 0 aromatic heterocycles. The molecule has 5 heteroatoms. The number of carbonyl (C=O) groups excluding carboxylic acids is 1. The number of hydrogen-bond acceptors (Lipinski definition) is 5. The molecule has 21 heavy (non-hydrogen) atoms. The lowest BCUT2D eigenvalue weighted by molar-refractivity contribution is -0.130. The molecule has 0 aliphatic carbocycles. The van der Waals surface area contributed by atoms with E-state index >= 15 is 0 Å². The molecule has 0 amide bonds. The van der Waals surface area contributed by atoms with Crippen molar-refractivity contribution in [3.05, 3.63) is 29.5 Å². The van der Waals surface area contributed by atoms with Crippen molar-refractivity contribution < 1.29 is 19.0 Å². The molecule has 1 aliphatic rings. The third-order valence-electron chi connectivity index (χ3n) is 2.94. The Hall–Kier alpha value is -2.30. The van der Waals surface area contributed by atoms with Crippen LogP contribution in [0, 0.1) is 5.41 Å². The molecule has 0 N–H and O–H groups in total. The lowest BCUT2D eigenvalue weighted by atomic mass is 9.97. The van der Waals surface area contributed by atoms with E-state index in [9.17, 15) is 4.79 Å². The van der Waals surface area contributed by atoms with Gasteiger partial charge >= 0.3 is 5.97 Å². The Kier molecular flexibility index (Phi) is 4.02. The molecule has 1 aliphatic heterocycles. The monoisotopic (exact) mass is 289 g/mol. The Morgan fingerprint density at radius 2 is 1.67 bits per heavy atom. The van der Waals surface area contributed by atoms with Crippen molar-refractivity contribution in [3.63, 3.8) is 0 Å². The molecule has 0 fully saturated rings. The number of cyclic esters (lactones) is 1. The number of benzene rings is 1. The van der Waals surface area contributed by atoms with Gasteiger partial charge in [0.15, 0.2) is 5.70 Å². The summed E-state index contributed by atoms with van der Waals surface area (Å²) in [5.41, 5.74) is 0.726. The SMILES string of the molecule is COc1cc(C=C2N=C(C(C)(C)C)OC2=O)cc(OC)c1. The van der Waals surface area contributed by atoms with Gasteiger partial charge in [0.2, 0.25) is 5.90 Å². The van der Waals surface area contributed by atoms with Crippen LogP contribution in [-0.2, 0) is 9.53 Å². The highest BCUT2D eigenvalue weighted by atomic mass is 16.6. The average molecular weight is 289 g/mol. The van der Waals surface area contributed by atoms with Crippen LogP contribution < -0.4 is 9.47 Å². The maximum Gasteiger partial charge on any atom is 0.363 e. The highest BCUT2D eigenvalue weighted by molar-refractivity contribution is 6.08. The first kappa shape index (κ1) is 15.1. The van der Waals surface area contributed by atoms with Crippen molar-refractivity contribution >= 4 is 17.9 Å². The minimum absolute atomic E-state index is 0.273. The van der Waals surface area contributed by atoms with Crippen LogP contribution in [0.1, 0.15) is 26.3 Å². The van der Waals surface area contributed by atoms with E-state index in [0.717, 1.165) is 5.56 Å². The van der Waals surface area contributed by atoms with Gasteiger partial charge < -0.3 is 14.2 Å². The van der Waals surface area contributed by atoms with Gasteiger partial charge in [-0.25, -0.2) is 9.79 Å². The van der Waals surface area contributed by atoms with E-state index in [4.69, 9.17) is 14.2 Å². The molecule has 0 saturated heterocycles. The first-order valence-corrected chi connectivity index (χ1v) is 6.59.